The van der Waals surface area contributed by atoms with Gasteiger partial charge in [0.15, 0.2) is 0 Å². The number of piperidine rings is 1. The van der Waals surface area contributed by atoms with Gasteiger partial charge in [0.25, 0.3) is 0 Å². The minimum Gasteiger partial charge on any atom is -1.00 e. The Balaban J connectivity index is 0.00000144. The molecule has 1 aromatic rings. The molecule has 1 saturated heterocycles. The summed E-state index contributed by atoms with van der Waals surface area (Å²) in [4.78, 5) is 0. The summed E-state index contributed by atoms with van der Waals surface area (Å²) in [5.41, 5.74) is 1.18. The lowest BCUT2D eigenvalue weighted by Crippen LogP contribution is -3.00. The number of hydrogen-bond acceptors (Lipinski definition) is 1. The molecule has 4 heteroatoms. The molecule has 17 heavy (non-hydrogen) atoms. The summed E-state index contributed by atoms with van der Waals surface area (Å²) in [6.07, 6.45) is 6.09. The third-order valence-corrected chi connectivity index (χ3v) is 4.14. The first-order chi connectivity index (χ1) is 7.83. The first-order valence-electron chi connectivity index (χ1n) is 5.73. The van der Waals surface area contributed by atoms with Gasteiger partial charge in [-0.15, -0.1) is 0 Å². The maximum Gasteiger partial charge on any atom is 0.243 e. The third kappa shape index (κ3) is 3.86. The zero-order valence-corrected chi connectivity index (χ0v) is 13.7. The number of benzene rings is 1. The molecule has 1 aliphatic rings. The maximum atomic E-state index is 6.26. The molecule has 1 aromatic carbocycles. The lowest BCUT2D eigenvalue weighted by atomic mass is 10.1. The number of thioether (sulfide) groups is 1. The van der Waals surface area contributed by atoms with Gasteiger partial charge in [0.1, 0.15) is 13.1 Å². The summed E-state index contributed by atoms with van der Waals surface area (Å²) < 4.78 is 2.47. The normalized spacial score (nSPS) is 15.3. The largest absolute Gasteiger partial charge is 1.00 e. The molecular weight excluding hydrogens is 365 g/mol. The fraction of sp³-hybridized carbons (Fsp3) is 0.462. The molecule has 0 bridgehead atoms. The summed E-state index contributed by atoms with van der Waals surface area (Å²) in [5.74, 6) is 0. The van der Waals surface area contributed by atoms with Gasteiger partial charge in [0, 0.05) is 12.8 Å². The highest BCUT2D eigenvalue weighted by Gasteiger charge is 2.20. The predicted octanol–water partition coefficient (Wildman–Crippen LogP) is 0.650. The van der Waals surface area contributed by atoms with E-state index in [0.29, 0.717) is 0 Å². The Labute approximate surface area is 130 Å². The highest BCUT2D eigenvalue weighted by atomic mass is 127. The quantitative estimate of drug-likeness (QED) is 0.392. The zero-order chi connectivity index (χ0) is 11.4. The molecule has 1 nitrogen and oxygen atoms in total. The van der Waals surface area contributed by atoms with Crippen molar-refractivity contribution in [3.05, 3.63) is 34.9 Å². The van der Waals surface area contributed by atoms with Gasteiger partial charge in [0.05, 0.1) is 10.6 Å². The third-order valence-electron chi connectivity index (χ3n) is 2.94. The zero-order valence-electron chi connectivity index (χ0n) is 9.96. The van der Waals surface area contributed by atoms with Gasteiger partial charge >= 0.3 is 0 Å². The van der Waals surface area contributed by atoms with Gasteiger partial charge in [-0.05, 0) is 24.8 Å². The molecule has 0 saturated carbocycles. The van der Waals surface area contributed by atoms with E-state index in [1.807, 2.05) is 12.1 Å². The molecule has 0 unspecified atom stereocenters. The lowest BCUT2D eigenvalue weighted by molar-refractivity contribution is -0.534. The second kappa shape index (κ2) is 7.64. The van der Waals surface area contributed by atoms with Crippen LogP contribution in [0.15, 0.2) is 24.3 Å². The lowest BCUT2D eigenvalue weighted by Gasteiger charge is -2.13. The number of rotatable bonds is 1. The van der Waals surface area contributed by atoms with Crippen molar-refractivity contribution in [3.8, 4) is 0 Å². The van der Waals surface area contributed by atoms with Crippen LogP contribution in [-0.2, 0) is 0 Å². The molecule has 0 aliphatic carbocycles. The Hall–Kier alpha value is 0.260. The van der Waals surface area contributed by atoms with Crippen molar-refractivity contribution < 1.29 is 28.6 Å². The summed E-state index contributed by atoms with van der Waals surface area (Å²) in [7, 11) is 0. The van der Waals surface area contributed by atoms with Gasteiger partial charge in [0.2, 0.25) is 5.04 Å². The molecular formula is C13H17ClINS. The summed E-state index contributed by atoms with van der Waals surface area (Å²) >= 11 is 8.06. The van der Waals surface area contributed by atoms with Crippen LogP contribution in [0.25, 0.3) is 0 Å². The Morgan fingerprint density at radius 3 is 2.41 bits per heavy atom. The van der Waals surface area contributed by atoms with Crippen molar-refractivity contribution in [1.29, 1.82) is 0 Å². The standard InChI is InChI=1S/C13H17ClNS.HI/c1-16-13(15-9-5-2-6-10-15)11-7-3-4-8-12(11)14;/h3-4,7-8H,2,5-6,9-10H2,1H3;1H/q+1;/p-1. The van der Waals surface area contributed by atoms with Gasteiger partial charge in [-0.1, -0.05) is 35.5 Å². The molecule has 2 rings (SSSR count). The minimum atomic E-state index is 0. The van der Waals surface area contributed by atoms with E-state index in [9.17, 15) is 0 Å². The van der Waals surface area contributed by atoms with Crippen LogP contribution in [0.4, 0.5) is 0 Å². The van der Waals surface area contributed by atoms with Crippen molar-refractivity contribution >= 4 is 28.4 Å². The van der Waals surface area contributed by atoms with Crippen LogP contribution in [-0.4, -0.2) is 29.0 Å². The van der Waals surface area contributed by atoms with Crippen LogP contribution in [0.2, 0.25) is 5.02 Å². The summed E-state index contributed by atoms with van der Waals surface area (Å²) in [5, 5.41) is 2.18. The van der Waals surface area contributed by atoms with E-state index in [1.54, 1.807) is 11.8 Å². The van der Waals surface area contributed by atoms with Crippen LogP contribution in [0.3, 0.4) is 0 Å². The highest BCUT2D eigenvalue weighted by Crippen LogP contribution is 2.21. The van der Waals surface area contributed by atoms with Crippen LogP contribution >= 0.6 is 23.4 Å². The summed E-state index contributed by atoms with van der Waals surface area (Å²) in [6.45, 7) is 2.34. The smallest absolute Gasteiger partial charge is 0.243 e. The second-order valence-electron chi connectivity index (χ2n) is 4.04. The van der Waals surface area contributed by atoms with E-state index in [1.165, 1.54) is 43.0 Å². The molecule has 0 aromatic heterocycles. The van der Waals surface area contributed by atoms with E-state index in [-0.39, 0.29) is 24.0 Å². The minimum absolute atomic E-state index is 0. The molecule has 0 spiro atoms. The van der Waals surface area contributed by atoms with E-state index in [4.69, 9.17) is 11.6 Å². The van der Waals surface area contributed by atoms with Gasteiger partial charge in [-0.25, -0.2) is 4.58 Å². The first kappa shape index (κ1) is 15.3. The van der Waals surface area contributed by atoms with Gasteiger partial charge in [-0.2, -0.15) is 0 Å². The molecule has 0 atom stereocenters. The predicted molar refractivity (Wildman–Crippen MR) is 72.9 cm³/mol. The van der Waals surface area contributed by atoms with E-state index < -0.39 is 0 Å². The van der Waals surface area contributed by atoms with Crippen LogP contribution in [0.1, 0.15) is 24.8 Å². The Bertz CT molecular complexity index is 398. The molecule has 1 aliphatic heterocycles. The first-order valence-corrected chi connectivity index (χ1v) is 7.34. The number of nitrogens with zero attached hydrogens (tertiary/aromatic N) is 1. The summed E-state index contributed by atoms with van der Waals surface area (Å²) in [6, 6.07) is 8.13. The Kier molecular flexibility index (Phi) is 6.89. The van der Waals surface area contributed by atoms with Crippen molar-refractivity contribution in [2.45, 2.75) is 19.3 Å². The van der Waals surface area contributed by atoms with E-state index >= 15 is 0 Å². The average molecular weight is 382 g/mol. The average Bonchev–Trinajstić information content (AvgIpc) is 2.34. The number of halogens is 2. The fourth-order valence-corrected chi connectivity index (χ4v) is 3.26. The van der Waals surface area contributed by atoms with Crippen LogP contribution < -0.4 is 24.0 Å². The van der Waals surface area contributed by atoms with Crippen molar-refractivity contribution in [1.82, 2.24) is 0 Å². The molecule has 94 valence electrons. The van der Waals surface area contributed by atoms with Gasteiger partial charge < -0.3 is 24.0 Å². The van der Waals surface area contributed by atoms with Crippen molar-refractivity contribution in [2.75, 3.05) is 19.3 Å². The van der Waals surface area contributed by atoms with E-state index in [2.05, 4.69) is 23.0 Å². The van der Waals surface area contributed by atoms with Crippen molar-refractivity contribution in [2.24, 2.45) is 0 Å². The second-order valence-corrected chi connectivity index (χ2v) is 5.24. The van der Waals surface area contributed by atoms with E-state index in [0.717, 1.165) is 5.02 Å². The van der Waals surface area contributed by atoms with Gasteiger partial charge in [-0.3, -0.25) is 0 Å². The van der Waals surface area contributed by atoms with Crippen molar-refractivity contribution in [3.63, 3.8) is 0 Å². The Morgan fingerprint density at radius 2 is 1.82 bits per heavy atom. The molecule has 1 heterocycles. The maximum absolute atomic E-state index is 6.26. The SMILES string of the molecule is CSC(c1ccccc1Cl)=[N+]1CCCCC1.[I-]. The van der Waals surface area contributed by atoms with Crippen LogP contribution in [0.5, 0.6) is 0 Å². The molecule has 1 fully saturated rings. The molecule has 0 radical (unpaired) electrons. The van der Waals surface area contributed by atoms with Crippen LogP contribution in [0, 0.1) is 0 Å². The Morgan fingerprint density at radius 1 is 1.18 bits per heavy atom. The fourth-order valence-electron chi connectivity index (χ4n) is 2.14. The highest BCUT2D eigenvalue weighted by molar-refractivity contribution is 8.13. The topological polar surface area (TPSA) is 3.01 Å². The molecule has 0 N–H and O–H groups in total. The monoisotopic (exact) mass is 381 g/mol. The molecule has 0 amide bonds. The number of hydrogen-bond donors (Lipinski definition) is 0.